The van der Waals surface area contributed by atoms with E-state index in [0.29, 0.717) is 11.1 Å². The highest BCUT2D eigenvalue weighted by Crippen LogP contribution is 2.35. The Labute approximate surface area is 130 Å². The molecule has 0 radical (unpaired) electrons. The van der Waals surface area contributed by atoms with Crippen LogP contribution < -0.4 is 11.1 Å². The van der Waals surface area contributed by atoms with Gasteiger partial charge in [-0.15, -0.1) is 12.6 Å². The molecule has 19 heavy (non-hydrogen) atoms. The van der Waals surface area contributed by atoms with E-state index < -0.39 is 5.37 Å². The predicted octanol–water partition coefficient (Wildman–Crippen LogP) is 2.12. The van der Waals surface area contributed by atoms with E-state index in [1.807, 2.05) is 24.3 Å². The summed E-state index contributed by atoms with van der Waals surface area (Å²) in [6, 6.07) is 11.7. The third kappa shape index (κ3) is 2.42. The molecule has 0 bridgehead atoms. The zero-order chi connectivity index (χ0) is 14.0. The second-order valence-electron chi connectivity index (χ2n) is 3.83. The van der Waals surface area contributed by atoms with Crippen LogP contribution in [-0.2, 0) is 0 Å². The highest BCUT2D eigenvalue weighted by atomic mass is 127. The van der Waals surface area contributed by atoms with Gasteiger partial charge in [0, 0.05) is 9.14 Å². The lowest BCUT2D eigenvalue weighted by Gasteiger charge is -2.24. The fraction of sp³-hybridized carbons (Fsp3) is 0.0769. The minimum absolute atomic E-state index is 0.246. The largest absolute Gasteiger partial charge is 0.384 e. The molecule has 0 spiro atoms. The first-order chi connectivity index (χ1) is 9.10. The van der Waals surface area contributed by atoms with E-state index in [1.54, 1.807) is 0 Å². The number of hydrogen-bond donors (Lipinski definition) is 3. The fourth-order valence-corrected chi connectivity index (χ4v) is 2.86. The fourth-order valence-electron chi connectivity index (χ4n) is 1.87. The van der Waals surface area contributed by atoms with Crippen molar-refractivity contribution in [1.82, 2.24) is 5.32 Å². The van der Waals surface area contributed by atoms with Gasteiger partial charge in [-0.1, -0.05) is 18.2 Å². The molecular weight excluding hydrogens is 371 g/mol. The predicted molar refractivity (Wildman–Crippen MR) is 84.4 cm³/mol. The molecule has 0 amide bonds. The summed E-state index contributed by atoms with van der Waals surface area (Å²) in [5.74, 6) is 0.246. The van der Waals surface area contributed by atoms with Crippen LogP contribution in [0.2, 0.25) is 0 Å². The number of rotatable bonds is 1. The lowest BCUT2D eigenvalue weighted by Crippen LogP contribution is -2.34. The van der Waals surface area contributed by atoms with Gasteiger partial charge in [0.05, 0.1) is 11.6 Å². The van der Waals surface area contributed by atoms with E-state index in [2.05, 4.69) is 52.7 Å². The molecule has 3 N–H and O–H groups in total. The average molecular weight is 380 g/mol. The van der Waals surface area contributed by atoms with E-state index in [4.69, 9.17) is 5.73 Å². The molecular formula is C13H9IN4S. The number of nitrogens with two attached hydrogens (primary N) is 1. The van der Waals surface area contributed by atoms with E-state index in [9.17, 15) is 10.5 Å². The molecule has 0 unspecified atom stereocenters. The summed E-state index contributed by atoms with van der Waals surface area (Å²) in [6.07, 6.45) is 0. The van der Waals surface area contributed by atoms with Gasteiger partial charge in [0.2, 0.25) is 0 Å². The van der Waals surface area contributed by atoms with Crippen molar-refractivity contribution in [2.24, 2.45) is 5.73 Å². The van der Waals surface area contributed by atoms with E-state index >= 15 is 0 Å². The average Bonchev–Trinajstić information content (AvgIpc) is 2.38. The van der Waals surface area contributed by atoms with Gasteiger partial charge in [-0.2, -0.15) is 10.5 Å². The maximum atomic E-state index is 9.31. The Morgan fingerprint density at radius 1 is 1.26 bits per heavy atom. The molecule has 1 heterocycles. The summed E-state index contributed by atoms with van der Waals surface area (Å²) in [5, 5.41) is 20.9. The monoisotopic (exact) mass is 380 g/mol. The Bertz CT molecular complexity index is 679. The molecule has 0 aliphatic carbocycles. The van der Waals surface area contributed by atoms with Gasteiger partial charge in [-0.25, -0.2) is 0 Å². The zero-order valence-corrected chi connectivity index (χ0v) is 12.7. The lowest BCUT2D eigenvalue weighted by molar-refractivity contribution is 0.809. The summed E-state index contributed by atoms with van der Waals surface area (Å²) in [6.45, 7) is 0. The minimum Gasteiger partial charge on any atom is -0.384 e. The van der Waals surface area contributed by atoms with E-state index in [-0.39, 0.29) is 11.4 Å². The zero-order valence-electron chi connectivity index (χ0n) is 9.68. The van der Waals surface area contributed by atoms with Crippen LogP contribution in [0.3, 0.4) is 0 Å². The standard InChI is InChI=1S/C13H9IN4S/c14-10-4-2-1-3-7(10)11-8(5-15)12(17)18-13(19)9(11)6-16/h1-4,13,18-19H,17H2/t13-/m1/s1. The summed E-state index contributed by atoms with van der Waals surface area (Å²) < 4.78 is 0.950. The van der Waals surface area contributed by atoms with Crippen LogP contribution in [0.25, 0.3) is 5.57 Å². The van der Waals surface area contributed by atoms with E-state index in [0.717, 1.165) is 9.13 Å². The smallest absolute Gasteiger partial charge is 0.116 e. The second-order valence-corrected chi connectivity index (χ2v) is 5.51. The van der Waals surface area contributed by atoms with Gasteiger partial charge in [0.1, 0.15) is 22.8 Å². The number of benzene rings is 1. The Morgan fingerprint density at radius 3 is 2.53 bits per heavy atom. The third-order valence-electron chi connectivity index (χ3n) is 2.73. The number of nitriles is 2. The lowest BCUT2D eigenvalue weighted by atomic mass is 9.91. The van der Waals surface area contributed by atoms with Crippen molar-refractivity contribution >= 4 is 40.8 Å². The van der Waals surface area contributed by atoms with Gasteiger partial charge in [0.15, 0.2) is 0 Å². The van der Waals surface area contributed by atoms with Crippen molar-refractivity contribution in [2.75, 3.05) is 0 Å². The van der Waals surface area contributed by atoms with Crippen molar-refractivity contribution in [3.8, 4) is 12.1 Å². The van der Waals surface area contributed by atoms with Crippen LogP contribution in [0, 0.1) is 26.2 Å². The maximum Gasteiger partial charge on any atom is 0.116 e. The van der Waals surface area contributed by atoms with Gasteiger partial charge >= 0.3 is 0 Å². The number of nitrogens with one attached hydrogen (secondary N) is 1. The molecule has 1 aliphatic heterocycles. The van der Waals surface area contributed by atoms with Gasteiger partial charge in [-0.3, -0.25) is 0 Å². The summed E-state index contributed by atoms with van der Waals surface area (Å²) in [4.78, 5) is 0. The summed E-state index contributed by atoms with van der Waals surface area (Å²) >= 11 is 6.47. The molecule has 1 aliphatic rings. The molecule has 0 fully saturated rings. The summed E-state index contributed by atoms with van der Waals surface area (Å²) in [5.41, 5.74) is 7.89. The first kappa shape index (κ1) is 13.8. The molecule has 6 heteroatoms. The van der Waals surface area contributed by atoms with Gasteiger partial charge in [-0.05, 0) is 34.2 Å². The molecule has 1 aromatic rings. The molecule has 4 nitrogen and oxygen atoms in total. The third-order valence-corrected chi connectivity index (χ3v) is 4.06. The van der Waals surface area contributed by atoms with E-state index in [1.165, 1.54) is 0 Å². The van der Waals surface area contributed by atoms with Crippen LogP contribution >= 0.6 is 35.2 Å². The van der Waals surface area contributed by atoms with Crippen molar-refractivity contribution in [3.05, 3.63) is 50.4 Å². The number of hydrogen-bond acceptors (Lipinski definition) is 5. The van der Waals surface area contributed by atoms with Crippen LogP contribution in [-0.4, -0.2) is 5.37 Å². The highest BCUT2D eigenvalue weighted by Gasteiger charge is 2.27. The molecule has 0 saturated heterocycles. The van der Waals surface area contributed by atoms with Crippen molar-refractivity contribution in [1.29, 1.82) is 10.5 Å². The molecule has 94 valence electrons. The van der Waals surface area contributed by atoms with Crippen molar-refractivity contribution in [3.63, 3.8) is 0 Å². The minimum atomic E-state index is -0.506. The Kier molecular flexibility index (Phi) is 4.03. The SMILES string of the molecule is N#CC1=C(N)N[C@H](S)C(C#N)=C1c1ccccc1I. The molecule has 1 atom stereocenters. The van der Waals surface area contributed by atoms with Crippen molar-refractivity contribution < 1.29 is 0 Å². The topological polar surface area (TPSA) is 85.6 Å². The number of allylic oxidation sites excluding steroid dienone is 2. The van der Waals surface area contributed by atoms with Crippen molar-refractivity contribution in [2.45, 2.75) is 5.37 Å². The molecule has 0 saturated carbocycles. The molecule has 1 aromatic carbocycles. The normalized spacial score (nSPS) is 18.6. The molecule has 2 rings (SSSR count). The Hall–Kier alpha value is -1.64. The van der Waals surface area contributed by atoms with Crippen LogP contribution in [0.4, 0.5) is 0 Å². The highest BCUT2D eigenvalue weighted by molar-refractivity contribution is 14.1. The quantitative estimate of drug-likeness (QED) is 0.515. The summed E-state index contributed by atoms with van der Waals surface area (Å²) in [7, 11) is 0. The number of thiol groups is 1. The Morgan fingerprint density at radius 2 is 1.95 bits per heavy atom. The number of nitrogens with zero attached hydrogens (tertiary/aromatic N) is 2. The van der Waals surface area contributed by atoms with Gasteiger partial charge in [0.25, 0.3) is 0 Å². The number of dihydropyridines is 1. The molecule has 0 aromatic heterocycles. The number of halogens is 1. The van der Waals surface area contributed by atoms with Crippen LogP contribution in [0.5, 0.6) is 0 Å². The maximum absolute atomic E-state index is 9.31. The van der Waals surface area contributed by atoms with Crippen LogP contribution in [0.15, 0.2) is 41.2 Å². The van der Waals surface area contributed by atoms with Crippen LogP contribution in [0.1, 0.15) is 5.56 Å². The first-order valence-electron chi connectivity index (χ1n) is 5.34. The Balaban J connectivity index is 2.79. The first-order valence-corrected chi connectivity index (χ1v) is 6.93. The second kappa shape index (κ2) is 5.55. The van der Waals surface area contributed by atoms with Gasteiger partial charge < -0.3 is 11.1 Å².